The van der Waals surface area contributed by atoms with Gasteiger partial charge in [-0.2, -0.15) is 0 Å². The van der Waals surface area contributed by atoms with Crippen LogP contribution in [0.25, 0.3) is 0 Å². The average Bonchev–Trinajstić information content (AvgIpc) is 3.16. The number of rotatable bonds is 8. The minimum atomic E-state index is 0. The van der Waals surface area contributed by atoms with Crippen LogP contribution in [0.4, 0.5) is 5.95 Å². The van der Waals surface area contributed by atoms with Gasteiger partial charge in [0.25, 0.3) is 0 Å². The van der Waals surface area contributed by atoms with Crippen molar-refractivity contribution < 1.29 is 0 Å². The van der Waals surface area contributed by atoms with E-state index in [-0.39, 0.29) is 24.0 Å². The van der Waals surface area contributed by atoms with Gasteiger partial charge in [-0.1, -0.05) is 0 Å². The van der Waals surface area contributed by atoms with E-state index in [4.69, 9.17) is 0 Å². The molecule has 2 aromatic rings. The van der Waals surface area contributed by atoms with E-state index in [2.05, 4.69) is 47.3 Å². The van der Waals surface area contributed by atoms with E-state index >= 15 is 0 Å². The van der Waals surface area contributed by atoms with Crippen molar-refractivity contribution in [1.29, 1.82) is 0 Å². The van der Waals surface area contributed by atoms with Gasteiger partial charge in [0, 0.05) is 76.2 Å². The number of hydrogen-bond acceptors (Lipinski definition) is 7. The molecular weight excluding hydrogens is 499 g/mol. The third kappa shape index (κ3) is 8.01. The first kappa shape index (κ1) is 23.7. The van der Waals surface area contributed by atoms with Gasteiger partial charge >= 0.3 is 0 Å². The molecule has 8 nitrogen and oxygen atoms in total. The molecule has 1 fully saturated rings. The second-order valence-electron chi connectivity index (χ2n) is 6.77. The molecule has 0 aliphatic carbocycles. The van der Waals surface area contributed by atoms with E-state index in [0.717, 1.165) is 70.6 Å². The molecule has 1 aliphatic heterocycles. The summed E-state index contributed by atoms with van der Waals surface area (Å²) >= 11 is 1.75. The lowest BCUT2D eigenvalue weighted by molar-refractivity contribution is 0.254. The van der Waals surface area contributed by atoms with Crippen molar-refractivity contribution in [3.8, 4) is 0 Å². The predicted octanol–water partition coefficient (Wildman–Crippen LogP) is 1.78. The summed E-state index contributed by atoms with van der Waals surface area (Å²) < 4.78 is 0. The van der Waals surface area contributed by atoms with Crippen LogP contribution in [0.15, 0.2) is 29.6 Å². The van der Waals surface area contributed by atoms with Crippen LogP contribution >= 0.6 is 35.3 Å². The number of hydrogen-bond donors (Lipinski definition) is 2. The molecule has 3 rings (SSSR count). The predicted molar refractivity (Wildman–Crippen MR) is 131 cm³/mol. The monoisotopic (exact) mass is 530 g/mol. The van der Waals surface area contributed by atoms with E-state index in [0.29, 0.717) is 0 Å². The Kier molecular flexibility index (Phi) is 10.6. The maximum atomic E-state index is 4.39. The minimum Gasteiger partial charge on any atom is -0.356 e. The molecule has 2 aromatic heterocycles. The molecule has 0 aromatic carbocycles. The molecule has 2 N–H and O–H groups in total. The maximum Gasteiger partial charge on any atom is 0.225 e. The summed E-state index contributed by atoms with van der Waals surface area (Å²) in [5.74, 6) is 1.70. The fourth-order valence-corrected chi connectivity index (χ4v) is 3.95. The van der Waals surface area contributed by atoms with Gasteiger partial charge in [-0.3, -0.25) is 9.89 Å². The van der Waals surface area contributed by atoms with Crippen molar-refractivity contribution >= 4 is 47.2 Å². The molecular formula is C19H31IN8S. The molecule has 3 heterocycles. The number of aliphatic imine (C=N–C) groups is 1. The van der Waals surface area contributed by atoms with E-state index < -0.39 is 0 Å². The minimum absolute atomic E-state index is 0. The molecule has 29 heavy (non-hydrogen) atoms. The van der Waals surface area contributed by atoms with Crippen LogP contribution in [0, 0.1) is 6.92 Å². The number of anilines is 1. The van der Waals surface area contributed by atoms with Crippen LogP contribution in [0.3, 0.4) is 0 Å². The summed E-state index contributed by atoms with van der Waals surface area (Å²) in [7, 11) is 1.81. The van der Waals surface area contributed by atoms with Crippen molar-refractivity contribution in [3.63, 3.8) is 0 Å². The van der Waals surface area contributed by atoms with Crippen molar-refractivity contribution in [1.82, 2.24) is 30.5 Å². The van der Waals surface area contributed by atoms with Crippen LogP contribution in [0.1, 0.15) is 16.3 Å². The van der Waals surface area contributed by atoms with Crippen molar-refractivity contribution in [2.24, 2.45) is 4.99 Å². The average molecular weight is 530 g/mol. The molecule has 0 unspecified atom stereocenters. The summed E-state index contributed by atoms with van der Waals surface area (Å²) in [5, 5.41) is 7.93. The molecule has 10 heteroatoms. The zero-order valence-electron chi connectivity index (χ0n) is 17.2. The lowest BCUT2D eigenvalue weighted by Gasteiger charge is -2.34. The summed E-state index contributed by atoms with van der Waals surface area (Å²) in [6, 6.07) is 1.86. The molecule has 0 bridgehead atoms. The van der Waals surface area contributed by atoms with Gasteiger partial charge in [-0.15, -0.1) is 35.3 Å². The molecule has 0 spiro atoms. The lowest BCUT2D eigenvalue weighted by Crippen LogP contribution is -2.47. The summed E-state index contributed by atoms with van der Waals surface area (Å²) in [5.41, 5.74) is 0. The smallest absolute Gasteiger partial charge is 0.225 e. The Morgan fingerprint density at radius 2 is 1.83 bits per heavy atom. The number of piperazine rings is 1. The van der Waals surface area contributed by atoms with Crippen LogP contribution < -0.4 is 15.5 Å². The second-order valence-corrected chi connectivity index (χ2v) is 8.09. The van der Waals surface area contributed by atoms with Crippen molar-refractivity contribution in [2.45, 2.75) is 19.8 Å². The molecule has 0 amide bonds. The Balaban J connectivity index is 0.00000300. The van der Waals surface area contributed by atoms with Crippen molar-refractivity contribution in [2.75, 3.05) is 57.8 Å². The Morgan fingerprint density at radius 3 is 2.48 bits per heavy atom. The first-order valence-corrected chi connectivity index (χ1v) is 10.7. The lowest BCUT2D eigenvalue weighted by atomic mass is 10.3. The number of halogens is 1. The third-order valence-electron chi connectivity index (χ3n) is 4.67. The standard InChI is InChI=1S/C19H30N8S.HI/c1-16-15-25-17(28-16)5-9-22-18(20-2)21-8-4-10-26-11-13-27(14-12-26)19-23-6-3-7-24-19;/h3,6-7,15H,4-5,8-14H2,1-2H3,(H2,20,21,22);1H. The number of nitrogens with one attached hydrogen (secondary N) is 2. The molecule has 0 atom stereocenters. The largest absolute Gasteiger partial charge is 0.356 e. The Hall–Kier alpha value is -1.53. The van der Waals surface area contributed by atoms with E-state index in [1.807, 2.05) is 19.3 Å². The number of thiazole rings is 1. The number of nitrogens with zero attached hydrogens (tertiary/aromatic N) is 6. The fourth-order valence-electron chi connectivity index (χ4n) is 3.16. The summed E-state index contributed by atoms with van der Waals surface area (Å²) in [6.07, 6.45) is 7.56. The van der Waals surface area contributed by atoms with Crippen LogP contribution in [-0.4, -0.2) is 78.7 Å². The van der Waals surface area contributed by atoms with E-state index in [1.54, 1.807) is 23.7 Å². The van der Waals surface area contributed by atoms with Gasteiger partial charge in [0.2, 0.25) is 5.95 Å². The first-order valence-electron chi connectivity index (χ1n) is 9.85. The van der Waals surface area contributed by atoms with Crippen LogP contribution in [-0.2, 0) is 6.42 Å². The van der Waals surface area contributed by atoms with Gasteiger partial charge in [0.1, 0.15) is 0 Å². The van der Waals surface area contributed by atoms with Crippen LogP contribution in [0.2, 0.25) is 0 Å². The Morgan fingerprint density at radius 1 is 1.10 bits per heavy atom. The number of aromatic nitrogens is 3. The molecule has 0 radical (unpaired) electrons. The highest BCUT2D eigenvalue weighted by Gasteiger charge is 2.18. The number of guanidine groups is 1. The highest BCUT2D eigenvalue weighted by molar-refractivity contribution is 14.0. The van der Waals surface area contributed by atoms with Gasteiger partial charge in [0.15, 0.2) is 5.96 Å². The zero-order valence-corrected chi connectivity index (χ0v) is 20.3. The van der Waals surface area contributed by atoms with Gasteiger partial charge in [-0.25, -0.2) is 15.0 Å². The van der Waals surface area contributed by atoms with Gasteiger partial charge in [0.05, 0.1) is 5.01 Å². The topological polar surface area (TPSA) is 81.6 Å². The third-order valence-corrected chi connectivity index (χ3v) is 5.65. The Labute approximate surface area is 194 Å². The summed E-state index contributed by atoms with van der Waals surface area (Å²) in [4.78, 5) is 23.4. The van der Waals surface area contributed by atoms with E-state index in [1.165, 1.54) is 9.88 Å². The zero-order chi connectivity index (χ0) is 19.6. The fraction of sp³-hybridized carbons (Fsp3) is 0.579. The molecule has 1 saturated heterocycles. The molecule has 160 valence electrons. The first-order chi connectivity index (χ1) is 13.7. The van der Waals surface area contributed by atoms with Gasteiger partial charge in [-0.05, 0) is 26.0 Å². The Bertz CT molecular complexity index is 731. The molecule has 1 aliphatic rings. The summed E-state index contributed by atoms with van der Waals surface area (Å²) in [6.45, 7) is 9.01. The number of aryl methyl sites for hydroxylation is 1. The highest BCUT2D eigenvalue weighted by Crippen LogP contribution is 2.11. The highest BCUT2D eigenvalue weighted by atomic mass is 127. The normalized spacial score (nSPS) is 15.1. The van der Waals surface area contributed by atoms with E-state index in [9.17, 15) is 0 Å². The van der Waals surface area contributed by atoms with Gasteiger partial charge < -0.3 is 15.5 Å². The quantitative estimate of drug-likeness (QED) is 0.233. The second kappa shape index (κ2) is 12.9. The molecule has 0 saturated carbocycles. The van der Waals surface area contributed by atoms with Crippen molar-refractivity contribution in [3.05, 3.63) is 34.5 Å². The van der Waals surface area contributed by atoms with Crippen LogP contribution in [0.5, 0.6) is 0 Å². The SMILES string of the molecule is CN=C(NCCCN1CCN(c2ncccn2)CC1)NCCc1ncc(C)s1.I. The maximum absolute atomic E-state index is 4.39.